The van der Waals surface area contributed by atoms with E-state index < -0.39 is 12.1 Å². The van der Waals surface area contributed by atoms with Crippen LogP contribution in [0, 0.1) is 4.91 Å². The molecule has 1 atom stereocenters. The Morgan fingerprint density at radius 1 is 1.55 bits per heavy atom. The molecule has 0 aliphatic carbocycles. The zero-order valence-electron chi connectivity index (χ0n) is 11.0. The van der Waals surface area contributed by atoms with E-state index in [2.05, 4.69) is 5.29 Å². The predicted octanol–water partition coefficient (Wildman–Crippen LogP) is 1.13. The van der Waals surface area contributed by atoms with Crippen molar-refractivity contribution >= 4 is 11.7 Å². The van der Waals surface area contributed by atoms with Crippen LogP contribution in [0.15, 0.2) is 17.4 Å². The number of aliphatic hydroxyl groups excluding tert-OH is 1. The predicted molar refractivity (Wildman–Crippen MR) is 68.4 cm³/mol. The van der Waals surface area contributed by atoms with Crippen LogP contribution in [-0.4, -0.2) is 31.5 Å². The van der Waals surface area contributed by atoms with Crippen LogP contribution in [0.2, 0.25) is 0 Å². The summed E-state index contributed by atoms with van der Waals surface area (Å²) in [5, 5.41) is 13.9. The van der Waals surface area contributed by atoms with Gasteiger partial charge in [-0.2, -0.15) is 0 Å². The highest BCUT2D eigenvalue weighted by Gasteiger charge is 2.32. The molecule has 0 saturated heterocycles. The number of hydrogen-bond donors (Lipinski definition) is 1. The van der Waals surface area contributed by atoms with Crippen molar-refractivity contribution < 1.29 is 24.1 Å². The highest BCUT2D eigenvalue weighted by Crippen LogP contribution is 2.44. The van der Waals surface area contributed by atoms with Gasteiger partial charge < -0.3 is 19.3 Å². The summed E-state index contributed by atoms with van der Waals surface area (Å²) in [7, 11) is 1.39. The van der Waals surface area contributed by atoms with Crippen LogP contribution in [0.5, 0.6) is 11.5 Å². The van der Waals surface area contributed by atoms with Gasteiger partial charge in [-0.15, -0.1) is 4.91 Å². The molecule has 1 aliphatic rings. The Morgan fingerprint density at radius 2 is 2.30 bits per heavy atom. The van der Waals surface area contributed by atoms with E-state index >= 15 is 0 Å². The molecule has 1 aromatic carbocycles. The first-order valence-electron chi connectivity index (χ1n) is 5.94. The first-order valence-corrected chi connectivity index (χ1v) is 5.94. The molecule has 1 aliphatic heterocycles. The Kier molecular flexibility index (Phi) is 4.04. The quantitative estimate of drug-likeness (QED) is 0.491. The minimum atomic E-state index is -1.59. The van der Waals surface area contributed by atoms with Crippen molar-refractivity contribution in [3.8, 4) is 11.5 Å². The van der Waals surface area contributed by atoms with Crippen molar-refractivity contribution in [2.24, 2.45) is 5.29 Å². The third-order valence-corrected chi connectivity index (χ3v) is 2.81. The first kappa shape index (κ1) is 14.1. The molecule has 1 heterocycles. The SMILES string of the molecule is CCOC(=O)C(O)c1c(N(C)N=O)ccc2c1OCO2. The van der Waals surface area contributed by atoms with E-state index in [1.165, 1.54) is 13.1 Å². The molecule has 108 valence electrons. The summed E-state index contributed by atoms with van der Waals surface area (Å²) in [6.45, 7) is 1.72. The summed E-state index contributed by atoms with van der Waals surface area (Å²) in [6, 6.07) is 3.08. The van der Waals surface area contributed by atoms with Crippen LogP contribution >= 0.6 is 0 Å². The number of esters is 1. The third-order valence-electron chi connectivity index (χ3n) is 2.81. The number of nitroso groups, excluding NO2 is 1. The van der Waals surface area contributed by atoms with E-state index in [0.29, 0.717) is 5.75 Å². The minimum absolute atomic E-state index is 0.0282. The molecule has 0 fully saturated rings. The summed E-state index contributed by atoms with van der Waals surface area (Å²) < 4.78 is 15.2. The van der Waals surface area contributed by atoms with Crippen molar-refractivity contribution in [3.05, 3.63) is 22.6 Å². The maximum absolute atomic E-state index is 11.7. The summed E-state index contributed by atoms with van der Waals surface area (Å²) in [6.07, 6.45) is -1.59. The molecule has 20 heavy (non-hydrogen) atoms. The van der Waals surface area contributed by atoms with Gasteiger partial charge in [-0.3, -0.25) is 0 Å². The number of carbonyl (C=O) groups excluding carboxylic acids is 1. The molecule has 0 bridgehead atoms. The molecule has 8 heteroatoms. The molecule has 0 amide bonds. The lowest BCUT2D eigenvalue weighted by atomic mass is 10.0. The monoisotopic (exact) mass is 282 g/mol. The Balaban J connectivity index is 2.50. The van der Waals surface area contributed by atoms with Gasteiger partial charge in [0.25, 0.3) is 0 Å². The Labute approximate surface area is 114 Å². The fourth-order valence-electron chi connectivity index (χ4n) is 1.91. The number of nitrogens with zero attached hydrogens (tertiary/aromatic N) is 2. The Bertz CT molecular complexity index is 533. The molecule has 0 spiro atoms. The van der Waals surface area contributed by atoms with Crippen molar-refractivity contribution in [1.29, 1.82) is 0 Å². The maximum atomic E-state index is 11.7. The summed E-state index contributed by atoms with van der Waals surface area (Å²) in [5.41, 5.74) is 0.338. The van der Waals surface area contributed by atoms with Gasteiger partial charge in [-0.05, 0) is 19.1 Å². The molecular formula is C12H14N2O6. The smallest absolute Gasteiger partial charge is 0.339 e. The van der Waals surface area contributed by atoms with Gasteiger partial charge >= 0.3 is 5.97 Å². The first-order chi connectivity index (χ1) is 9.60. The van der Waals surface area contributed by atoms with Crippen LogP contribution in [0.3, 0.4) is 0 Å². The van der Waals surface area contributed by atoms with Gasteiger partial charge in [0, 0.05) is 7.05 Å². The second-order valence-corrected chi connectivity index (χ2v) is 3.99. The number of ether oxygens (including phenoxy) is 3. The molecule has 0 saturated carbocycles. The number of rotatable bonds is 5. The highest BCUT2D eigenvalue weighted by molar-refractivity contribution is 5.82. The average Bonchev–Trinajstić information content (AvgIpc) is 2.93. The van der Waals surface area contributed by atoms with Gasteiger partial charge in [0.05, 0.1) is 23.1 Å². The molecule has 0 aromatic heterocycles. The number of benzene rings is 1. The second-order valence-electron chi connectivity index (χ2n) is 3.99. The van der Waals surface area contributed by atoms with Crippen LogP contribution in [0.4, 0.5) is 5.69 Å². The summed E-state index contributed by atoms with van der Waals surface area (Å²) in [5.74, 6) is -0.248. The van der Waals surface area contributed by atoms with Gasteiger partial charge in [-0.1, -0.05) is 0 Å². The molecule has 0 radical (unpaired) electrons. The van der Waals surface area contributed by atoms with E-state index in [4.69, 9.17) is 14.2 Å². The van der Waals surface area contributed by atoms with Gasteiger partial charge in [0.2, 0.25) is 6.79 Å². The lowest BCUT2D eigenvalue weighted by Gasteiger charge is -2.19. The van der Waals surface area contributed by atoms with Gasteiger partial charge in [-0.25, -0.2) is 9.80 Å². The normalized spacial score (nSPS) is 13.8. The summed E-state index contributed by atoms with van der Waals surface area (Å²) in [4.78, 5) is 22.4. The highest BCUT2D eigenvalue weighted by atomic mass is 16.7. The topological polar surface area (TPSA) is 97.7 Å². The average molecular weight is 282 g/mol. The van der Waals surface area contributed by atoms with Gasteiger partial charge in [0.1, 0.15) is 0 Å². The van der Waals surface area contributed by atoms with Crippen molar-refractivity contribution in [2.75, 3.05) is 25.5 Å². The summed E-state index contributed by atoms with van der Waals surface area (Å²) >= 11 is 0. The van der Waals surface area contributed by atoms with E-state index in [0.717, 1.165) is 5.01 Å². The van der Waals surface area contributed by atoms with Crippen molar-refractivity contribution in [2.45, 2.75) is 13.0 Å². The number of aliphatic hydroxyl groups is 1. The second kappa shape index (κ2) is 5.74. The zero-order valence-corrected chi connectivity index (χ0v) is 11.0. The molecular weight excluding hydrogens is 268 g/mol. The number of anilines is 1. The molecule has 8 nitrogen and oxygen atoms in total. The largest absolute Gasteiger partial charge is 0.464 e. The van der Waals surface area contributed by atoms with Crippen molar-refractivity contribution in [1.82, 2.24) is 0 Å². The Morgan fingerprint density at radius 3 is 2.95 bits per heavy atom. The Hall–Kier alpha value is -2.35. The lowest BCUT2D eigenvalue weighted by molar-refractivity contribution is -0.153. The zero-order chi connectivity index (χ0) is 14.7. The molecule has 1 N–H and O–H groups in total. The van der Waals surface area contributed by atoms with Gasteiger partial charge in [0.15, 0.2) is 17.6 Å². The fourth-order valence-corrected chi connectivity index (χ4v) is 1.91. The minimum Gasteiger partial charge on any atom is -0.464 e. The maximum Gasteiger partial charge on any atom is 0.339 e. The number of fused-ring (bicyclic) bond motifs is 1. The van der Waals surface area contributed by atoms with E-state index in [-0.39, 0.29) is 30.4 Å². The van der Waals surface area contributed by atoms with E-state index in [9.17, 15) is 14.8 Å². The fraction of sp³-hybridized carbons (Fsp3) is 0.417. The lowest BCUT2D eigenvalue weighted by Crippen LogP contribution is -2.19. The molecule has 1 unspecified atom stereocenters. The van der Waals surface area contributed by atoms with E-state index in [1.54, 1.807) is 13.0 Å². The third kappa shape index (κ3) is 2.37. The van der Waals surface area contributed by atoms with Crippen molar-refractivity contribution in [3.63, 3.8) is 0 Å². The molecule has 2 rings (SSSR count). The number of hydrogen-bond acceptors (Lipinski definition) is 7. The van der Waals surface area contributed by atoms with Crippen LogP contribution in [-0.2, 0) is 9.53 Å². The van der Waals surface area contributed by atoms with Crippen LogP contribution in [0.1, 0.15) is 18.6 Å². The standard InChI is InChI=1S/C12H14N2O6/c1-3-18-12(16)10(15)9-7(14(2)13-17)4-5-8-11(9)20-6-19-8/h4-5,10,15H,3,6H2,1-2H3. The number of carbonyl (C=O) groups is 1. The molecule has 1 aromatic rings. The van der Waals surface area contributed by atoms with E-state index in [1.807, 2.05) is 0 Å². The van der Waals surface area contributed by atoms with Crippen LogP contribution in [0.25, 0.3) is 0 Å². The van der Waals surface area contributed by atoms with Crippen LogP contribution < -0.4 is 14.5 Å².